The van der Waals surface area contributed by atoms with Crippen LogP contribution in [0.3, 0.4) is 0 Å². The molecule has 3 aromatic carbocycles. The molecule has 1 aliphatic rings. The third-order valence-electron chi connectivity index (χ3n) is 6.75. The first-order chi connectivity index (χ1) is 19.1. The summed E-state index contributed by atoms with van der Waals surface area (Å²) in [6.07, 6.45) is 0. The van der Waals surface area contributed by atoms with Gasteiger partial charge < -0.3 is 15.3 Å². The molecule has 6 rings (SSSR count). The zero-order valence-corrected chi connectivity index (χ0v) is 22.9. The number of nitrogens with zero attached hydrogens (tertiary/aromatic N) is 3. The SMILES string of the molecule is CC1(C)CN(c2ccccc2NC(=O)Nc2nc3ccc(F)nc3s2)c2c(O)cc(F)c(-c3ccc(Cl)cc3)c21. The highest BCUT2D eigenvalue weighted by Crippen LogP contribution is 2.54. The Labute approximate surface area is 237 Å². The molecule has 0 aliphatic carbocycles. The number of fused-ring (bicyclic) bond motifs is 2. The van der Waals surface area contributed by atoms with Crippen LogP contribution in [0.1, 0.15) is 19.4 Å². The topological polar surface area (TPSA) is 90.4 Å². The van der Waals surface area contributed by atoms with Crippen molar-refractivity contribution >= 4 is 61.5 Å². The maximum atomic E-state index is 15.4. The van der Waals surface area contributed by atoms with Crippen LogP contribution in [0.4, 0.5) is 35.8 Å². The van der Waals surface area contributed by atoms with Crippen LogP contribution >= 0.6 is 22.9 Å². The van der Waals surface area contributed by atoms with E-state index in [2.05, 4.69) is 20.6 Å². The lowest BCUT2D eigenvalue weighted by atomic mass is 9.81. The lowest BCUT2D eigenvalue weighted by Gasteiger charge is -2.25. The molecule has 0 atom stereocenters. The molecule has 0 saturated heterocycles. The summed E-state index contributed by atoms with van der Waals surface area (Å²) in [5.74, 6) is -1.37. The molecule has 7 nitrogen and oxygen atoms in total. The Morgan fingerprint density at radius 1 is 1.05 bits per heavy atom. The smallest absolute Gasteiger partial charge is 0.325 e. The van der Waals surface area contributed by atoms with E-state index in [4.69, 9.17) is 11.6 Å². The van der Waals surface area contributed by atoms with Crippen molar-refractivity contribution in [1.29, 1.82) is 0 Å². The summed E-state index contributed by atoms with van der Waals surface area (Å²) in [4.78, 5) is 23.3. The summed E-state index contributed by atoms with van der Waals surface area (Å²) in [5, 5.41) is 17.3. The van der Waals surface area contributed by atoms with Crippen molar-refractivity contribution in [2.75, 3.05) is 22.1 Å². The van der Waals surface area contributed by atoms with E-state index in [-0.39, 0.29) is 10.9 Å². The number of rotatable bonds is 4. The van der Waals surface area contributed by atoms with Gasteiger partial charge in [0.25, 0.3) is 0 Å². The maximum Gasteiger partial charge on any atom is 0.325 e. The van der Waals surface area contributed by atoms with Gasteiger partial charge in [0.2, 0.25) is 5.95 Å². The largest absolute Gasteiger partial charge is 0.506 e. The van der Waals surface area contributed by atoms with Crippen LogP contribution in [0.2, 0.25) is 5.02 Å². The number of carbonyl (C=O) groups is 1. The molecule has 2 amide bonds. The minimum absolute atomic E-state index is 0.204. The minimum atomic E-state index is -0.628. The first-order valence-corrected chi connectivity index (χ1v) is 13.5. The number of para-hydroxylation sites is 2. The third kappa shape index (κ3) is 4.59. The van der Waals surface area contributed by atoms with E-state index in [1.807, 2.05) is 30.9 Å². The van der Waals surface area contributed by atoms with Crippen LogP contribution in [0.25, 0.3) is 21.5 Å². The van der Waals surface area contributed by atoms with Gasteiger partial charge in [-0.15, -0.1) is 0 Å². The van der Waals surface area contributed by atoms with Crippen LogP contribution < -0.4 is 15.5 Å². The number of nitrogens with one attached hydrogen (secondary N) is 2. The molecule has 0 bridgehead atoms. The summed E-state index contributed by atoms with van der Waals surface area (Å²) in [6.45, 7) is 4.38. The monoisotopic (exact) mass is 577 g/mol. The van der Waals surface area contributed by atoms with Gasteiger partial charge in [-0.2, -0.15) is 4.39 Å². The van der Waals surface area contributed by atoms with E-state index >= 15 is 4.39 Å². The Morgan fingerprint density at radius 2 is 1.80 bits per heavy atom. The molecule has 0 saturated carbocycles. The average molecular weight is 578 g/mol. The number of hydrogen-bond acceptors (Lipinski definition) is 6. The standard InChI is InChI=1S/C29H22ClF2N5O2S/c1-29(2)14-37(25-21(38)13-17(31)23(24(25)29)15-7-9-16(30)10-8-15)20-6-4-3-5-18(20)33-27(39)36-28-34-19-11-12-22(32)35-26(19)40-28/h3-13,38H,14H2,1-2H3,(H2,33,34,36,39). The number of aromatic nitrogens is 2. The fourth-order valence-corrected chi connectivity index (χ4v) is 6.08. The van der Waals surface area contributed by atoms with E-state index in [0.717, 1.165) is 17.4 Å². The van der Waals surface area contributed by atoms with Crippen LogP contribution in [0.5, 0.6) is 5.75 Å². The molecule has 0 radical (unpaired) electrons. The first-order valence-electron chi connectivity index (χ1n) is 12.3. The van der Waals surface area contributed by atoms with Gasteiger partial charge in [-0.3, -0.25) is 5.32 Å². The first kappa shape index (κ1) is 26.0. The van der Waals surface area contributed by atoms with Gasteiger partial charge in [0.15, 0.2) is 5.13 Å². The molecule has 0 fully saturated rings. The summed E-state index contributed by atoms with van der Waals surface area (Å²) >= 11 is 7.13. The number of benzene rings is 3. The molecule has 11 heteroatoms. The predicted molar refractivity (Wildman–Crippen MR) is 155 cm³/mol. The Hall–Kier alpha value is -4.28. The zero-order valence-electron chi connectivity index (χ0n) is 21.3. The molecule has 0 spiro atoms. The second kappa shape index (κ2) is 9.72. The number of aromatic hydroxyl groups is 1. The second-order valence-corrected chi connectivity index (χ2v) is 11.4. The van der Waals surface area contributed by atoms with Gasteiger partial charge >= 0.3 is 6.03 Å². The molecular weight excluding hydrogens is 556 g/mol. The Bertz CT molecular complexity index is 1790. The van der Waals surface area contributed by atoms with Gasteiger partial charge in [0.05, 0.1) is 17.1 Å². The average Bonchev–Trinajstić information content (AvgIpc) is 3.42. The van der Waals surface area contributed by atoms with E-state index < -0.39 is 23.2 Å². The number of pyridine rings is 1. The number of phenolic OH excluding ortho intramolecular Hbond substituents is 1. The van der Waals surface area contributed by atoms with Crippen LogP contribution in [0.15, 0.2) is 66.7 Å². The van der Waals surface area contributed by atoms with Crippen molar-refractivity contribution in [1.82, 2.24) is 9.97 Å². The Kier molecular flexibility index (Phi) is 6.31. The number of urea groups is 1. The summed E-state index contributed by atoms with van der Waals surface area (Å²) in [7, 11) is 0. The number of anilines is 4. The van der Waals surface area contributed by atoms with Crippen molar-refractivity contribution < 1.29 is 18.7 Å². The molecule has 202 valence electrons. The highest BCUT2D eigenvalue weighted by molar-refractivity contribution is 7.21. The lowest BCUT2D eigenvalue weighted by molar-refractivity contribution is 0.262. The number of hydrogen-bond donors (Lipinski definition) is 3. The summed E-state index contributed by atoms with van der Waals surface area (Å²) in [6, 6.07) is 17.3. The number of carbonyl (C=O) groups excluding carboxylic acids is 1. The Balaban J connectivity index is 1.36. The van der Waals surface area contributed by atoms with Gasteiger partial charge in [0, 0.05) is 28.6 Å². The van der Waals surface area contributed by atoms with E-state index in [0.29, 0.717) is 55.7 Å². The van der Waals surface area contributed by atoms with Gasteiger partial charge in [0.1, 0.15) is 21.9 Å². The van der Waals surface area contributed by atoms with Crippen molar-refractivity contribution in [3.63, 3.8) is 0 Å². The third-order valence-corrected chi connectivity index (χ3v) is 7.88. The normalized spacial score (nSPS) is 13.9. The van der Waals surface area contributed by atoms with Crippen molar-refractivity contribution in [2.45, 2.75) is 19.3 Å². The number of halogens is 3. The number of amides is 2. The lowest BCUT2D eigenvalue weighted by Crippen LogP contribution is -2.27. The van der Waals surface area contributed by atoms with E-state index in [9.17, 15) is 14.3 Å². The maximum absolute atomic E-state index is 15.4. The fraction of sp³-hybridized carbons (Fsp3) is 0.138. The van der Waals surface area contributed by atoms with Crippen molar-refractivity contribution in [3.8, 4) is 16.9 Å². The molecule has 3 heterocycles. The highest BCUT2D eigenvalue weighted by Gasteiger charge is 2.42. The number of phenols is 1. The van der Waals surface area contributed by atoms with Gasteiger partial charge in [-0.25, -0.2) is 19.2 Å². The molecule has 3 N–H and O–H groups in total. The molecule has 2 aromatic heterocycles. The Morgan fingerprint density at radius 3 is 2.58 bits per heavy atom. The van der Waals surface area contributed by atoms with Crippen LogP contribution in [-0.4, -0.2) is 27.7 Å². The fourth-order valence-electron chi connectivity index (χ4n) is 5.13. The molecule has 0 unspecified atom stereocenters. The quantitative estimate of drug-likeness (QED) is 0.188. The van der Waals surface area contributed by atoms with Crippen molar-refractivity contribution in [2.24, 2.45) is 0 Å². The van der Waals surface area contributed by atoms with Crippen LogP contribution in [-0.2, 0) is 5.41 Å². The predicted octanol–water partition coefficient (Wildman–Crippen LogP) is 8.07. The molecular formula is C29H22ClF2N5O2S. The van der Waals surface area contributed by atoms with Gasteiger partial charge in [-0.1, -0.05) is 61.1 Å². The summed E-state index contributed by atoms with van der Waals surface area (Å²) < 4.78 is 28.9. The van der Waals surface area contributed by atoms with Crippen molar-refractivity contribution in [3.05, 3.63) is 89.1 Å². The van der Waals surface area contributed by atoms with Gasteiger partial charge in [-0.05, 0) is 47.5 Å². The van der Waals surface area contributed by atoms with Crippen LogP contribution in [0, 0.1) is 11.8 Å². The molecule has 1 aliphatic heterocycles. The molecule has 5 aromatic rings. The number of thiazole rings is 1. The minimum Gasteiger partial charge on any atom is -0.506 e. The zero-order chi connectivity index (χ0) is 28.2. The second-order valence-electron chi connectivity index (χ2n) is 10.0. The van der Waals surface area contributed by atoms with E-state index in [1.54, 1.807) is 36.4 Å². The highest BCUT2D eigenvalue weighted by atomic mass is 35.5. The van der Waals surface area contributed by atoms with E-state index in [1.165, 1.54) is 12.1 Å². The summed E-state index contributed by atoms with van der Waals surface area (Å²) in [5.41, 5.74) is 3.13. The molecule has 40 heavy (non-hydrogen) atoms.